The minimum atomic E-state index is -2.16. The number of hydroxylamine groups is 1. The summed E-state index contributed by atoms with van der Waals surface area (Å²) in [5, 5.41) is 9.79. The second-order valence-electron chi connectivity index (χ2n) is 8.62. The summed E-state index contributed by atoms with van der Waals surface area (Å²) in [5.74, 6) is 11.6. The van der Waals surface area contributed by atoms with Crippen molar-refractivity contribution in [3.8, 4) is 23.7 Å². The van der Waals surface area contributed by atoms with Gasteiger partial charge >= 0.3 is 0 Å². The first-order chi connectivity index (χ1) is 15.9. The number of amides is 1. The van der Waals surface area contributed by atoms with E-state index in [1.807, 2.05) is 18.2 Å². The van der Waals surface area contributed by atoms with Crippen molar-refractivity contribution in [2.75, 3.05) is 32.1 Å². The summed E-state index contributed by atoms with van der Waals surface area (Å²) in [6.07, 6.45) is 0.721. The molecular formula is C23H25N3O5S2. The van der Waals surface area contributed by atoms with Crippen molar-refractivity contribution in [3.63, 3.8) is 0 Å². The Balaban J connectivity index is 1.36. The van der Waals surface area contributed by atoms with Gasteiger partial charge in [0.15, 0.2) is 11.1 Å². The molecule has 0 bridgehead atoms. The van der Waals surface area contributed by atoms with Crippen LogP contribution >= 0.6 is 11.3 Å². The SMILES string of the molecule is C[C@](CCc1nc2ccc(C#CC#CC3CN(C4COC4)C3)cc2s1)(CS(=O)O)C(=O)NO. The maximum atomic E-state index is 12.0. The topological polar surface area (TPSA) is 112 Å². The number of nitrogens with one attached hydrogen (secondary N) is 1. The fourth-order valence-electron chi connectivity index (χ4n) is 3.78. The van der Waals surface area contributed by atoms with E-state index in [0.717, 1.165) is 47.1 Å². The smallest absolute Gasteiger partial charge is 0.250 e. The molecule has 2 aromatic rings. The van der Waals surface area contributed by atoms with Crippen LogP contribution in [0.3, 0.4) is 0 Å². The molecule has 2 atom stereocenters. The summed E-state index contributed by atoms with van der Waals surface area (Å²) in [4.78, 5) is 19.0. The lowest BCUT2D eigenvalue weighted by atomic mass is 9.87. The van der Waals surface area contributed by atoms with Crippen LogP contribution in [0.1, 0.15) is 23.9 Å². The number of ether oxygens (including phenoxy) is 1. The molecule has 2 fully saturated rings. The minimum absolute atomic E-state index is 0.265. The van der Waals surface area contributed by atoms with Crippen molar-refractivity contribution < 1.29 is 23.5 Å². The molecule has 4 rings (SSSR count). The molecule has 3 N–H and O–H groups in total. The van der Waals surface area contributed by atoms with Gasteiger partial charge in [-0.3, -0.25) is 14.9 Å². The van der Waals surface area contributed by atoms with Gasteiger partial charge in [0.05, 0.1) is 45.6 Å². The van der Waals surface area contributed by atoms with E-state index < -0.39 is 22.4 Å². The first-order valence-electron chi connectivity index (χ1n) is 10.6. The third-order valence-corrected chi connectivity index (χ3v) is 7.97. The Bertz CT molecular complexity index is 1180. The third kappa shape index (κ3) is 5.79. The standard InChI is InChI=1S/C23H25N3O5S2/c1-23(15-33(29)30,22(27)25-28)9-8-21-24-19-7-6-16(10-20(19)32-21)4-2-3-5-17-11-26(12-17)18-13-31-14-18/h6-7,10,17-18,28H,8-9,11-15H2,1H3,(H,25,27)(H,29,30)/t23-/m0/s1. The number of thiazole rings is 1. The Labute approximate surface area is 199 Å². The summed E-state index contributed by atoms with van der Waals surface area (Å²) >= 11 is -0.667. The lowest BCUT2D eigenvalue weighted by Crippen LogP contribution is -2.58. The van der Waals surface area contributed by atoms with Gasteiger partial charge in [0.2, 0.25) is 5.91 Å². The van der Waals surface area contributed by atoms with Gasteiger partial charge in [-0.15, -0.1) is 11.3 Å². The van der Waals surface area contributed by atoms with E-state index in [-0.39, 0.29) is 12.2 Å². The van der Waals surface area contributed by atoms with Crippen LogP contribution in [0, 0.1) is 35.0 Å². The molecule has 0 radical (unpaired) electrons. The molecule has 174 valence electrons. The van der Waals surface area contributed by atoms with Crippen molar-refractivity contribution in [1.29, 1.82) is 0 Å². The van der Waals surface area contributed by atoms with E-state index in [2.05, 4.69) is 33.6 Å². The molecule has 10 heteroatoms. The molecule has 2 aliphatic heterocycles. The van der Waals surface area contributed by atoms with Crippen molar-refractivity contribution in [3.05, 3.63) is 28.8 Å². The highest BCUT2D eigenvalue weighted by Gasteiger charge is 2.36. The second-order valence-corrected chi connectivity index (χ2v) is 10.7. The number of carbonyl (C=O) groups is 1. The fraction of sp³-hybridized carbons (Fsp3) is 0.478. The second kappa shape index (κ2) is 10.3. The van der Waals surface area contributed by atoms with Crippen molar-refractivity contribution >= 4 is 38.5 Å². The molecule has 3 heterocycles. The average Bonchev–Trinajstić information content (AvgIpc) is 3.12. The van der Waals surface area contributed by atoms with Gasteiger partial charge < -0.3 is 9.29 Å². The number of benzene rings is 1. The lowest BCUT2D eigenvalue weighted by Gasteiger charge is -2.45. The molecule has 2 saturated heterocycles. The van der Waals surface area contributed by atoms with Gasteiger partial charge in [-0.25, -0.2) is 14.7 Å². The Morgan fingerprint density at radius 3 is 2.85 bits per heavy atom. The zero-order valence-electron chi connectivity index (χ0n) is 18.2. The number of nitrogens with zero attached hydrogens (tertiary/aromatic N) is 2. The zero-order valence-corrected chi connectivity index (χ0v) is 19.8. The first kappa shape index (κ1) is 23.8. The summed E-state index contributed by atoms with van der Waals surface area (Å²) in [5.41, 5.74) is 2.11. The van der Waals surface area contributed by atoms with Crippen LogP contribution in [0.5, 0.6) is 0 Å². The highest BCUT2D eigenvalue weighted by atomic mass is 32.2. The van der Waals surface area contributed by atoms with E-state index in [1.165, 1.54) is 11.3 Å². The van der Waals surface area contributed by atoms with Gasteiger partial charge in [0, 0.05) is 31.0 Å². The molecule has 1 aromatic heterocycles. The van der Waals surface area contributed by atoms with Crippen molar-refractivity contribution in [1.82, 2.24) is 15.4 Å². The van der Waals surface area contributed by atoms with Crippen molar-refractivity contribution in [2.45, 2.75) is 25.8 Å². The highest BCUT2D eigenvalue weighted by Crippen LogP contribution is 2.29. The molecule has 1 aromatic carbocycles. The maximum Gasteiger partial charge on any atom is 0.250 e. The van der Waals surface area contributed by atoms with Gasteiger partial charge in [-0.1, -0.05) is 11.8 Å². The van der Waals surface area contributed by atoms with Gasteiger partial charge in [-0.2, -0.15) is 0 Å². The molecule has 8 nitrogen and oxygen atoms in total. The molecule has 0 saturated carbocycles. The van der Waals surface area contributed by atoms with Crippen LogP contribution in [-0.2, 0) is 27.0 Å². The first-order valence-corrected chi connectivity index (χ1v) is 12.7. The van der Waals surface area contributed by atoms with Gasteiger partial charge in [0.1, 0.15) is 0 Å². The van der Waals surface area contributed by atoms with Gasteiger partial charge in [-0.05, 0) is 43.4 Å². The van der Waals surface area contributed by atoms with Gasteiger partial charge in [0.25, 0.3) is 0 Å². The Morgan fingerprint density at radius 2 is 2.18 bits per heavy atom. The van der Waals surface area contributed by atoms with E-state index in [1.54, 1.807) is 12.4 Å². The Kier molecular flexibility index (Phi) is 7.45. The minimum Gasteiger partial charge on any atom is -0.378 e. The quantitative estimate of drug-likeness (QED) is 0.236. The lowest BCUT2D eigenvalue weighted by molar-refractivity contribution is -0.138. The number of fused-ring (bicyclic) bond motifs is 1. The van der Waals surface area contributed by atoms with Crippen LogP contribution in [0.4, 0.5) is 0 Å². The molecular weight excluding hydrogens is 462 g/mol. The molecule has 1 unspecified atom stereocenters. The third-order valence-electron chi connectivity index (χ3n) is 6.01. The predicted molar refractivity (Wildman–Crippen MR) is 126 cm³/mol. The monoisotopic (exact) mass is 487 g/mol. The predicted octanol–water partition coefficient (Wildman–Crippen LogP) is 1.65. The molecule has 0 aliphatic carbocycles. The summed E-state index contributed by atoms with van der Waals surface area (Å²) in [6.45, 7) is 5.21. The van der Waals surface area contributed by atoms with Crippen molar-refractivity contribution in [2.24, 2.45) is 11.3 Å². The zero-order chi connectivity index (χ0) is 23.4. The Morgan fingerprint density at radius 1 is 1.39 bits per heavy atom. The van der Waals surface area contributed by atoms with Crippen LogP contribution in [0.15, 0.2) is 18.2 Å². The number of carbonyl (C=O) groups excluding carboxylic acids is 1. The van der Waals surface area contributed by atoms with Crippen LogP contribution in [0.25, 0.3) is 10.2 Å². The summed E-state index contributed by atoms with van der Waals surface area (Å²) < 4.78 is 26.7. The number of aryl methyl sites for hydroxylation is 1. The van der Waals surface area contributed by atoms with E-state index in [4.69, 9.17) is 9.94 Å². The Hall–Kier alpha value is -2.31. The number of rotatable bonds is 7. The maximum absolute atomic E-state index is 12.0. The van der Waals surface area contributed by atoms with E-state index in [9.17, 15) is 13.6 Å². The fourth-order valence-corrected chi connectivity index (χ4v) is 5.60. The average molecular weight is 488 g/mol. The summed E-state index contributed by atoms with van der Waals surface area (Å²) in [7, 11) is 0. The number of hydrogen-bond acceptors (Lipinski definition) is 7. The molecule has 0 spiro atoms. The van der Waals surface area contributed by atoms with E-state index in [0.29, 0.717) is 18.4 Å². The molecule has 33 heavy (non-hydrogen) atoms. The molecule has 1 amide bonds. The van der Waals surface area contributed by atoms with Crippen LogP contribution in [-0.4, -0.2) is 67.9 Å². The normalized spacial score (nSPS) is 19.2. The number of likely N-dealkylation sites (tertiary alicyclic amines) is 1. The summed E-state index contributed by atoms with van der Waals surface area (Å²) in [6, 6.07) is 6.35. The number of aromatic nitrogens is 1. The number of hydrogen-bond donors (Lipinski definition) is 3. The highest BCUT2D eigenvalue weighted by molar-refractivity contribution is 7.79. The largest absolute Gasteiger partial charge is 0.378 e. The molecule has 2 aliphatic rings. The van der Waals surface area contributed by atoms with Crippen LogP contribution in [0.2, 0.25) is 0 Å². The van der Waals surface area contributed by atoms with Crippen LogP contribution < -0.4 is 5.48 Å². The van der Waals surface area contributed by atoms with E-state index >= 15 is 0 Å².